The number of anilines is 1. The molecule has 0 radical (unpaired) electrons. The van der Waals surface area contributed by atoms with Crippen LogP contribution in [0, 0.1) is 0 Å². The molecule has 1 aromatic rings. The van der Waals surface area contributed by atoms with Crippen molar-refractivity contribution in [3.8, 4) is 5.75 Å². The van der Waals surface area contributed by atoms with Crippen LogP contribution in [0.15, 0.2) is 23.1 Å². The number of amides is 1. The summed E-state index contributed by atoms with van der Waals surface area (Å²) in [6, 6.07) is 4.66. The second kappa shape index (κ2) is 7.76. The Morgan fingerprint density at radius 3 is 2.61 bits per heavy atom. The average Bonchev–Trinajstić information content (AvgIpc) is 2.57. The van der Waals surface area contributed by atoms with Gasteiger partial charge in [-0.15, -0.1) is 0 Å². The van der Waals surface area contributed by atoms with Gasteiger partial charge in [0.25, 0.3) is 0 Å². The second-order valence-corrected chi connectivity index (χ2v) is 6.92. The van der Waals surface area contributed by atoms with E-state index < -0.39 is 10.0 Å². The number of nitrogens with one attached hydrogen (secondary N) is 1. The van der Waals surface area contributed by atoms with Crippen LogP contribution in [-0.4, -0.2) is 51.5 Å². The molecule has 1 fully saturated rings. The molecule has 1 aromatic carbocycles. The first kappa shape index (κ1) is 17.7. The van der Waals surface area contributed by atoms with Gasteiger partial charge in [-0.25, -0.2) is 8.42 Å². The molecule has 2 rings (SSSR count). The Bertz CT molecular complexity index is 654. The van der Waals surface area contributed by atoms with Gasteiger partial charge in [0.05, 0.1) is 19.8 Å². The zero-order valence-electron chi connectivity index (χ0n) is 13.4. The van der Waals surface area contributed by atoms with Crippen LogP contribution in [0.25, 0.3) is 0 Å². The van der Waals surface area contributed by atoms with Crippen molar-refractivity contribution in [2.45, 2.75) is 25.2 Å². The van der Waals surface area contributed by atoms with Crippen LogP contribution in [0.5, 0.6) is 5.75 Å². The molecule has 1 heterocycles. The molecule has 0 spiro atoms. The number of benzene rings is 1. The van der Waals surface area contributed by atoms with Crippen LogP contribution in [0.2, 0.25) is 0 Å². The van der Waals surface area contributed by atoms with Gasteiger partial charge in [0.1, 0.15) is 10.6 Å². The third kappa shape index (κ3) is 4.21. The number of hydrogen-bond donors (Lipinski definition) is 1. The van der Waals surface area contributed by atoms with Gasteiger partial charge in [0.15, 0.2) is 0 Å². The zero-order valence-corrected chi connectivity index (χ0v) is 14.2. The summed E-state index contributed by atoms with van der Waals surface area (Å²) in [6.45, 7) is 5.23. The topological polar surface area (TPSA) is 84.9 Å². The zero-order chi connectivity index (χ0) is 16.9. The molecule has 0 bridgehead atoms. The van der Waals surface area contributed by atoms with Crippen molar-refractivity contribution in [2.24, 2.45) is 0 Å². The largest absolute Gasteiger partial charge is 0.492 e. The third-order valence-electron chi connectivity index (χ3n) is 3.44. The number of hydrogen-bond acceptors (Lipinski definition) is 5. The van der Waals surface area contributed by atoms with E-state index >= 15 is 0 Å². The summed E-state index contributed by atoms with van der Waals surface area (Å²) in [5.41, 5.74) is 0.437. The molecule has 1 amide bonds. The molecule has 128 valence electrons. The summed E-state index contributed by atoms with van der Waals surface area (Å²) in [5, 5.41) is 2.67. The standard InChI is InChI=1S/C15H22N2O5S/c1-3-15(18)16-12-5-6-13(22-4-2)14(11-12)23(19,20)17-7-9-21-10-8-17/h5-6,11H,3-4,7-10H2,1-2H3,(H,16,18). The number of rotatable bonds is 6. The van der Waals surface area contributed by atoms with Gasteiger partial charge < -0.3 is 14.8 Å². The Morgan fingerprint density at radius 1 is 1.30 bits per heavy atom. The van der Waals surface area contributed by atoms with E-state index in [1.165, 1.54) is 10.4 Å². The number of nitrogens with zero attached hydrogens (tertiary/aromatic N) is 1. The number of morpholine rings is 1. The van der Waals surface area contributed by atoms with Crippen LogP contribution in [0.1, 0.15) is 20.3 Å². The summed E-state index contributed by atoms with van der Waals surface area (Å²) in [4.78, 5) is 11.6. The van der Waals surface area contributed by atoms with Crippen LogP contribution < -0.4 is 10.1 Å². The van der Waals surface area contributed by atoms with Crippen LogP contribution in [-0.2, 0) is 19.6 Å². The van der Waals surface area contributed by atoms with Gasteiger partial charge in [-0.3, -0.25) is 4.79 Å². The summed E-state index contributed by atoms with van der Waals surface area (Å²) in [5.74, 6) is 0.109. The molecule has 0 aromatic heterocycles. The fourth-order valence-corrected chi connectivity index (χ4v) is 3.80. The van der Waals surface area contributed by atoms with E-state index in [4.69, 9.17) is 9.47 Å². The monoisotopic (exact) mass is 342 g/mol. The molecule has 1 N–H and O–H groups in total. The van der Waals surface area contributed by atoms with Gasteiger partial charge in [-0.1, -0.05) is 6.92 Å². The molecule has 23 heavy (non-hydrogen) atoms. The van der Waals surface area contributed by atoms with Crippen molar-refractivity contribution < 1.29 is 22.7 Å². The molecule has 1 aliphatic heterocycles. The normalized spacial score (nSPS) is 16.1. The SMILES string of the molecule is CCOc1ccc(NC(=O)CC)cc1S(=O)(=O)N1CCOCC1. The summed E-state index contributed by atoms with van der Waals surface area (Å²) < 4.78 is 37.8. The van der Waals surface area contributed by atoms with E-state index in [9.17, 15) is 13.2 Å². The van der Waals surface area contributed by atoms with Gasteiger partial charge in [0, 0.05) is 25.2 Å². The Hall–Kier alpha value is -1.64. The van der Waals surface area contributed by atoms with Crippen molar-refractivity contribution >= 4 is 21.6 Å². The van der Waals surface area contributed by atoms with Gasteiger partial charge >= 0.3 is 0 Å². The minimum atomic E-state index is -3.70. The lowest BCUT2D eigenvalue weighted by atomic mass is 10.3. The fraction of sp³-hybridized carbons (Fsp3) is 0.533. The number of sulfonamides is 1. The van der Waals surface area contributed by atoms with Crippen LogP contribution >= 0.6 is 0 Å². The maximum absolute atomic E-state index is 12.9. The summed E-state index contributed by atoms with van der Waals surface area (Å²) >= 11 is 0. The van der Waals surface area contributed by atoms with Gasteiger partial charge in [0.2, 0.25) is 15.9 Å². The van der Waals surface area contributed by atoms with Crippen molar-refractivity contribution in [3.05, 3.63) is 18.2 Å². The first-order valence-corrected chi connectivity index (χ1v) is 9.07. The molecule has 7 nitrogen and oxygen atoms in total. The fourth-order valence-electron chi connectivity index (χ4n) is 2.24. The highest BCUT2D eigenvalue weighted by Gasteiger charge is 2.29. The summed E-state index contributed by atoms with van der Waals surface area (Å²) in [6.07, 6.45) is 0.318. The van der Waals surface area contributed by atoms with E-state index in [1.807, 2.05) is 0 Å². The predicted octanol–water partition coefficient (Wildman–Crippen LogP) is 1.45. The molecular formula is C15H22N2O5S. The quantitative estimate of drug-likeness (QED) is 0.846. The molecule has 1 aliphatic rings. The lowest BCUT2D eigenvalue weighted by Crippen LogP contribution is -2.40. The van der Waals surface area contributed by atoms with E-state index in [1.54, 1.807) is 26.0 Å². The van der Waals surface area contributed by atoms with Crippen LogP contribution in [0.3, 0.4) is 0 Å². The van der Waals surface area contributed by atoms with Crippen molar-refractivity contribution in [1.29, 1.82) is 0 Å². The van der Waals surface area contributed by atoms with E-state index in [0.717, 1.165) is 0 Å². The highest BCUT2D eigenvalue weighted by atomic mass is 32.2. The molecular weight excluding hydrogens is 320 g/mol. The highest BCUT2D eigenvalue weighted by Crippen LogP contribution is 2.30. The minimum absolute atomic E-state index is 0.0650. The first-order valence-electron chi connectivity index (χ1n) is 7.63. The Labute approximate surface area is 136 Å². The number of ether oxygens (including phenoxy) is 2. The van der Waals surface area contributed by atoms with E-state index in [-0.39, 0.29) is 16.6 Å². The third-order valence-corrected chi connectivity index (χ3v) is 5.36. The van der Waals surface area contributed by atoms with Crippen LogP contribution in [0.4, 0.5) is 5.69 Å². The van der Waals surface area contributed by atoms with E-state index in [0.29, 0.717) is 45.0 Å². The smallest absolute Gasteiger partial charge is 0.246 e. The maximum Gasteiger partial charge on any atom is 0.246 e. The average molecular weight is 342 g/mol. The Balaban J connectivity index is 2.39. The highest BCUT2D eigenvalue weighted by molar-refractivity contribution is 7.89. The Morgan fingerprint density at radius 2 is 2.00 bits per heavy atom. The molecule has 0 aliphatic carbocycles. The first-order chi connectivity index (χ1) is 11.0. The molecule has 8 heteroatoms. The second-order valence-electron chi connectivity index (χ2n) is 5.01. The molecule has 0 atom stereocenters. The lowest BCUT2D eigenvalue weighted by Gasteiger charge is -2.27. The maximum atomic E-state index is 12.9. The Kier molecular flexibility index (Phi) is 5.97. The van der Waals surface area contributed by atoms with Gasteiger partial charge in [-0.05, 0) is 25.1 Å². The number of carbonyl (C=O) groups excluding carboxylic acids is 1. The lowest BCUT2D eigenvalue weighted by molar-refractivity contribution is -0.115. The molecule has 0 saturated carbocycles. The minimum Gasteiger partial charge on any atom is -0.492 e. The van der Waals surface area contributed by atoms with Crippen molar-refractivity contribution in [2.75, 3.05) is 38.2 Å². The van der Waals surface area contributed by atoms with Crippen molar-refractivity contribution in [1.82, 2.24) is 4.31 Å². The molecule has 0 unspecified atom stereocenters. The molecule has 1 saturated heterocycles. The summed E-state index contributed by atoms with van der Waals surface area (Å²) in [7, 11) is -3.70. The predicted molar refractivity (Wildman–Crippen MR) is 86.1 cm³/mol. The van der Waals surface area contributed by atoms with E-state index in [2.05, 4.69) is 5.32 Å². The van der Waals surface area contributed by atoms with Gasteiger partial charge in [-0.2, -0.15) is 4.31 Å². The number of carbonyl (C=O) groups is 1. The van der Waals surface area contributed by atoms with Crippen molar-refractivity contribution in [3.63, 3.8) is 0 Å².